The molecule has 2 aliphatic heterocycles. The highest BCUT2D eigenvalue weighted by Gasteiger charge is 2.30. The lowest BCUT2D eigenvalue weighted by atomic mass is 9.82. The molecule has 0 radical (unpaired) electrons. The molecule has 1 N–H and O–H groups in total. The third-order valence-corrected chi connectivity index (χ3v) is 7.62. The summed E-state index contributed by atoms with van der Waals surface area (Å²) >= 11 is 1.46. The first-order valence-electron chi connectivity index (χ1n) is 11.8. The maximum absolute atomic E-state index is 13.9. The molecule has 184 valence electrons. The fraction of sp³-hybridized carbons (Fsp3) is 0.370. The first kappa shape index (κ1) is 25.2. The Morgan fingerprint density at radius 1 is 1.14 bits per heavy atom. The Labute approximate surface area is 208 Å². The molecule has 0 aliphatic carbocycles. The van der Waals surface area contributed by atoms with E-state index in [1.807, 2.05) is 0 Å². The van der Waals surface area contributed by atoms with Gasteiger partial charge in [-0.05, 0) is 53.7 Å². The summed E-state index contributed by atoms with van der Waals surface area (Å²) in [7, 11) is 0. The van der Waals surface area contributed by atoms with Crippen molar-refractivity contribution < 1.29 is 18.0 Å². The smallest absolute Gasteiger partial charge is 0.176 e. The van der Waals surface area contributed by atoms with Crippen LogP contribution in [-0.2, 0) is 17.6 Å². The van der Waals surface area contributed by atoms with Crippen LogP contribution in [0.3, 0.4) is 0 Å². The molecular formula is C27H28F3N3OS. The molecule has 2 unspecified atom stereocenters. The van der Waals surface area contributed by atoms with Gasteiger partial charge >= 0.3 is 0 Å². The van der Waals surface area contributed by atoms with E-state index >= 15 is 0 Å². The Kier molecular flexibility index (Phi) is 8.11. The summed E-state index contributed by atoms with van der Waals surface area (Å²) in [4.78, 5) is 14.9. The SMILES string of the molecule is CC1CN(C2=CCC(Cc3ccc(F)cc3)=NS2)CCC1CC(=O)C(=N)Cc1ccc(F)cc1F. The van der Waals surface area contributed by atoms with Crippen molar-refractivity contribution in [1.82, 2.24) is 4.90 Å². The number of allylic oxidation sites excluding steroid dienone is 1. The normalized spacial score (nSPS) is 20.3. The number of carbonyl (C=O) groups excluding carboxylic acids is 1. The van der Waals surface area contributed by atoms with Crippen LogP contribution < -0.4 is 0 Å². The second-order valence-corrected chi connectivity index (χ2v) is 10.1. The molecule has 1 saturated heterocycles. The molecule has 4 nitrogen and oxygen atoms in total. The largest absolute Gasteiger partial charge is 0.365 e. The third kappa shape index (κ3) is 6.63. The molecule has 0 bridgehead atoms. The van der Waals surface area contributed by atoms with E-state index in [4.69, 9.17) is 5.41 Å². The van der Waals surface area contributed by atoms with Crippen molar-refractivity contribution in [3.63, 3.8) is 0 Å². The molecule has 2 atom stereocenters. The molecule has 1 fully saturated rings. The standard InChI is InChI=1S/C27H28F3N3OS/c1-17-16-33(27-9-8-23(32-35-27)12-18-2-5-21(28)6-3-18)11-10-19(17)14-26(34)25(31)13-20-4-7-22(29)15-24(20)30/h2-7,9,15,17,19,31H,8,10-14,16H2,1H3. The molecule has 0 saturated carbocycles. The highest BCUT2D eigenvalue weighted by Crippen LogP contribution is 2.34. The molecule has 35 heavy (non-hydrogen) atoms. The van der Waals surface area contributed by atoms with Gasteiger partial charge in [-0.15, -0.1) is 0 Å². The fourth-order valence-corrected chi connectivity index (χ4v) is 5.33. The summed E-state index contributed by atoms with van der Waals surface area (Å²) in [5.74, 6) is -1.51. The maximum Gasteiger partial charge on any atom is 0.176 e. The summed E-state index contributed by atoms with van der Waals surface area (Å²) in [6.07, 6.45) is 4.61. The number of rotatable bonds is 8. The average molecular weight is 500 g/mol. The minimum atomic E-state index is -0.731. The predicted molar refractivity (Wildman–Crippen MR) is 134 cm³/mol. The number of likely N-dealkylation sites (tertiary alicyclic amines) is 1. The van der Waals surface area contributed by atoms with Crippen molar-refractivity contribution in [1.29, 1.82) is 5.41 Å². The quantitative estimate of drug-likeness (QED) is 0.350. The van der Waals surface area contributed by atoms with Crippen LogP contribution in [0.15, 0.2) is 58.0 Å². The Morgan fingerprint density at radius 2 is 1.89 bits per heavy atom. The van der Waals surface area contributed by atoms with Crippen LogP contribution in [0.2, 0.25) is 0 Å². The van der Waals surface area contributed by atoms with E-state index in [0.29, 0.717) is 6.42 Å². The number of carbonyl (C=O) groups is 1. The molecule has 0 spiro atoms. The molecule has 0 aromatic heterocycles. The Balaban J connectivity index is 1.25. The van der Waals surface area contributed by atoms with Gasteiger partial charge in [0.05, 0.1) is 10.7 Å². The second kappa shape index (κ2) is 11.2. The summed E-state index contributed by atoms with van der Waals surface area (Å²) < 4.78 is 44.7. The minimum Gasteiger partial charge on any atom is -0.365 e. The summed E-state index contributed by atoms with van der Waals surface area (Å²) in [6, 6.07) is 9.70. The van der Waals surface area contributed by atoms with Gasteiger partial charge in [0.25, 0.3) is 0 Å². The molecule has 2 heterocycles. The predicted octanol–water partition coefficient (Wildman–Crippen LogP) is 6.16. The van der Waals surface area contributed by atoms with E-state index in [1.165, 1.54) is 30.1 Å². The van der Waals surface area contributed by atoms with Crippen LogP contribution in [-0.4, -0.2) is 35.2 Å². The number of piperidine rings is 1. The number of nitrogens with zero attached hydrogens (tertiary/aromatic N) is 2. The lowest BCUT2D eigenvalue weighted by Gasteiger charge is -2.39. The molecular weight excluding hydrogens is 471 g/mol. The van der Waals surface area contributed by atoms with Gasteiger partial charge in [-0.1, -0.05) is 25.1 Å². The maximum atomic E-state index is 13.9. The Bertz CT molecular complexity index is 1160. The highest BCUT2D eigenvalue weighted by atomic mass is 32.2. The van der Waals surface area contributed by atoms with Gasteiger partial charge in [-0.3, -0.25) is 4.79 Å². The van der Waals surface area contributed by atoms with Crippen LogP contribution in [0.5, 0.6) is 0 Å². The number of nitrogens with one attached hydrogen (secondary N) is 1. The molecule has 2 aromatic rings. The van der Waals surface area contributed by atoms with E-state index < -0.39 is 11.6 Å². The fourth-order valence-electron chi connectivity index (χ4n) is 4.53. The Hall–Kier alpha value is -2.87. The lowest BCUT2D eigenvalue weighted by molar-refractivity contribution is -0.114. The topological polar surface area (TPSA) is 56.5 Å². The van der Waals surface area contributed by atoms with Gasteiger partial charge in [0.2, 0.25) is 0 Å². The second-order valence-electron chi connectivity index (χ2n) is 9.29. The van der Waals surface area contributed by atoms with Crippen LogP contribution in [0.4, 0.5) is 13.2 Å². The van der Waals surface area contributed by atoms with E-state index in [0.717, 1.165) is 54.4 Å². The van der Waals surface area contributed by atoms with E-state index in [-0.39, 0.29) is 47.6 Å². The average Bonchev–Trinajstić information content (AvgIpc) is 2.84. The van der Waals surface area contributed by atoms with Crippen LogP contribution in [0.1, 0.15) is 37.3 Å². The molecule has 8 heteroatoms. The van der Waals surface area contributed by atoms with Crippen molar-refractivity contribution in [2.24, 2.45) is 16.2 Å². The molecule has 2 aromatic carbocycles. The Morgan fingerprint density at radius 3 is 2.54 bits per heavy atom. The first-order valence-corrected chi connectivity index (χ1v) is 12.5. The lowest BCUT2D eigenvalue weighted by Crippen LogP contribution is -2.39. The number of benzene rings is 2. The van der Waals surface area contributed by atoms with Crippen molar-refractivity contribution in [3.05, 3.63) is 82.1 Å². The van der Waals surface area contributed by atoms with Gasteiger partial charge in [0.1, 0.15) is 17.5 Å². The summed E-state index contributed by atoms with van der Waals surface area (Å²) in [5.41, 5.74) is 2.11. The number of halogens is 3. The summed E-state index contributed by atoms with van der Waals surface area (Å²) in [5, 5.41) is 9.23. The zero-order chi connectivity index (χ0) is 24.9. The number of hydrogen-bond acceptors (Lipinski definition) is 5. The molecule has 4 rings (SSSR count). The van der Waals surface area contributed by atoms with Crippen LogP contribution in [0, 0.1) is 34.7 Å². The molecule has 2 aliphatic rings. The van der Waals surface area contributed by atoms with Gasteiger partial charge in [0, 0.05) is 62.5 Å². The van der Waals surface area contributed by atoms with Crippen LogP contribution >= 0.6 is 11.9 Å². The van der Waals surface area contributed by atoms with Crippen molar-refractivity contribution in [2.45, 2.75) is 39.0 Å². The monoisotopic (exact) mass is 499 g/mol. The highest BCUT2D eigenvalue weighted by molar-refractivity contribution is 8.01. The van der Waals surface area contributed by atoms with E-state index in [9.17, 15) is 18.0 Å². The van der Waals surface area contributed by atoms with Gasteiger partial charge in [0.15, 0.2) is 5.78 Å². The van der Waals surface area contributed by atoms with Gasteiger partial charge in [-0.25, -0.2) is 17.6 Å². The van der Waals surface area contributed by atoms with Crippen LogP contribution in [0.25, 0.3) is 0 Å². The van der Waals surface area contributed by atoms with Gasteiger partial charge < -0.3 is 10.3 Å². The van der Waals surface area contributed by atoms with Crippen molar-refractivity contribution >= 4 is 29.2 Å². The van der Waals surface area contributed by atoms with E-state index in [2.05, 4.69) is 22.3 Å². The van der Waals surface area contributed by atoms with Gasteiger partial charge in [-0.2, -0.15) is 0 Å². The van der Waals surface area contributed by atoms with Crippen molar-refractivity contribution in [2.75, 3.05) is 13.1 Å². The number of ketones is 1. The zero-order valence-corrected chi connectivity index (χ0v) is 20.4. The third-order valence-electron chi connectivity index (χ3n) is 6.66. The minimum absolute atomic E-state index is 0.125. The molecule has 0 amide bonds. The zero-order valence-electron chi connectivity index (χ0n) is 19.6. The van der Waals surface area contributed by atoms with E-state index in [1.54, 1.807) is 12.1 Å². The number of hydrogen-bond donors (Lipinski definition) is 1. The first-order chi connectivity index (χ1) is 16.8. The number of Topliss-reactive ketones (excluding diaryl/α,β-unsaturated/α-hetero) is 1. The summed E-state index contributed by atoms with van der Waals surface area (Å²) in [6.45, 7) is 3.73. The van der Waals surface area contributed by atoms with Crippen molar-refractivity contribution in [3.8, 4) is 0 Å².